The zero-order valence-corrected chi connectivity index (χ0v) is 15.7. The van der Waals surface area contributed by atoms with Gasteiger partial charge in [-0.25, -0.2) is 0 Å². The summed E-state index contributed by atoms with van der Waals surface area (Å²) in [5, 5.41) is 37.1. The van der Waals surface area contributed by atoms with Crippen LogP contribution in [0.1, 0.15) is 45.4 Å². The highest BCUT2D eigenvalue weighted by Crippen LogP contribution is 2.60. The molecule has 0 heterocycles. The number of non-ortho nitro benzene ring substituents is 1. The lowest BCUT2D eigenvalue weighted by Crippen LogP contribution is -2.52. The molecule has 4 fully saturated rings. The van der Waals surface area contributed by atoms with E-state index in [4.69, 9.17) is 0 Å². The lowest BCUT2D eigenvalue weighted by molar-refractivity contribution is -0.393. The summed E-state index contributed by atoms with van der Waals surface area (Å²) in [5.74, 6) is 2.01. The summed E-state index contributed by atoms with van der Waals surface area (Å²) in [6.07, 6.45) is 6.03. The van der Waals surface area contributed by atoms with Crippen LogP contribution in [0.15, 0.2) is 23.3 Å². The van der Waals surface area contributed by atoms with Crippen molar-refractivity contribution in [1.82, 2.24) is 0 Å². The molecule has 1 aromatic rings. The van der Waals surface area contributed by atoms with E-state index in [-0.39, 0.29) is 16.8 Å². The first kappa shape index (κ1) is 18.8. The number of aliphatic hydroxyl groups excluding tert-OH is 1. The quantitative estimate of drug-likeness (QED) is 0.432. The lowest BCUT2D eigenvalue weighted by atomic mass is 9.48. The van der Waals surface area contributed by atoms with Crippen molar-refractivity contribution in [3.05, 3.63) is 38.4 Å². The Kier molecular flexibility index (Phi) is 4.57. The highest BCUT2D eigenvalue weighted by atomic mass is 16.6. The number of benzene rings is 1. The summed E-state index contributed by atoms with van der Waals surface area (Å²) < 4.78 is 0. The first-order valence-corrected chi connectivity index (χ1v) is 9.72. The number of hydrazone groups is 1. The Balaban J connectivity index is 1.65. The van der Waals surface area contributed by atoms with Gasteiger partial charge in [-0.05, 0) is 69.3 Å². The third kappa shape index (κ3) is 3.23. The van der Waals surface area contributed by atoms with Gasteiger partial charge in [0.25, 0.3) is 5.69 Å². The smallest absolute Gasteiger partial charge is 0.301 e. The predicted octanol–water partition coefficient (Wildman–Crippen LogP) is 3.87. The van der Waals surface area contributed by atoms with Gasteiger partial charge < -0.3 is 5.11 Å². The molecular formula is C19H24N4O5. The van der Waals surface area contributed by atoms with Crippen LogP contribution in [0.4, 0.5) is 17.1 Å². The first-order chi connectivity index (χ1) is 13.3. The van der Waals surface area contributed by atoms with Gasteiger partial charge in [0.15, 0.2) is 0 Å². The number of nitro benzene ring substituents is 2. The molecule has 0 aromatic heterocycles. The van der Waals surface area contributed by atoms with Crippen LogP contribution in [0.3, 0.4) is 0 Å². The van der Waals surface area contributed by atoms with Crippen molar-refractivity contribution in [2.45, 2.75) is 51.6 Å². The van der Waals surface area contributed by atoms with Gasteiger partial charge in [0.2, 0.25) is 0 Å². The minimum Gasteiger partial charge on any atom is -0.387 e. The Morgan fingerprint density at radius 2 is 1.71 bits per heavy atom. The molecule has 4 bridgehead atoms. The second-order valence-corrected chi connectivity index (χ2v) is 8.70. The largest absolute Gasteiger partial charge is 0.387 e. The van der Waals surface area contributed by atoms with Crippen LogP contribution in [0.2, 0.25) is 0 Å². The molecule has 0 radical (unpaired) electrons. The highest BCUT2D eigenvalue weighted by molar-refractivity contribution is 5.94. The monoisotopic (exact) mass is 388 g/mol. The Bertz CT molecular complexity index is 815. The minimum atomic E-state index is -0.763. The van der Waals surface area contributed by atoms with E-state index in [1.165, 1.54) is 31.4 Å². The van der Waals surface area contributed by atoms with Crippen molar-refractivity contribution < 1.29 is 15.0 Å². The van der Waals surface area contributed by atoms with Crippen LogP contribution < -0.4 is 5.43 Å². The molecule has 0 amide bonds. The summed E-state index contributed by atoms with van der Waals surface area (Å²) in [4.78, 5) is 20.9. The fourth-order valence-corrected chi connectivity index (χ4v) is 6.08. The SMILES string of the molecule is C[C@H](O)/C(=N/Nc1ccc([N+](=O)[O-])cc1[N+](=O)[O-])C12CC3CC(CC(C3)C1)C2. The molecule has 28 heavy (non-hydrogen) atoms. The third-order valence-electron chi connectivity index (χ3n) is 6.66. The summed E-state index contributed by atoms with van der Waals surface area (Å²) >= 11 is 0. The van der Waals surface area contributed by atoms with Gasteiger partial charge in [-0.1, -0.05) is 0 Å². The lowest BCUT2D eigenvalue weighted by Gasteiger charge is -2.57. The van der Waals surface area contributed by atoms with Gasteiger partial charge in [-0.2, -0.15) is 5.10 Å². The summed E-state index contributed by atoms with van der Waals surface area (Å²) in [5.41, 5.74) is 2.56. The van der Waals surface area contributed by atoms with Crippen molar-refractivity contribution in [2.75, 3.05) is 5.43 Å². The van der Waals surface area contributed by atoms with E-state index in [9.17, 15) is 25.3 Å². The Hall–Kier alpha value is -2.55. The zero-order valence-electron chi connectivity index (χ0n) is 15.7. The van der Waals surface area contributed by atoms with Crippen molar-refractivity contribution in [3.8, 4) is 0 Å². The number of nitro groups is 2. The molecular weight excluding hydrogens is 364 g/mol. The second kappa shape index (κ2) is 6.80. The van der Waals surface area contributed by atoms with E-state index in [2.05, 4.69) is 10.5 Å². The van der Waals surface area contributed by atoms with Gasteiger partial charge in [0.1, 0.15) is 5.69 Å². The molecule has 0 unspecified atom stereocenters. The maximum Gasteiger partial charge on any atom is 0.301 e. The van der Waals surface area contributed by atoms with Crippen LogP contribution in [0, 0.1) is 43.4 Å². The van der Waals surface area contributed by atoms with Crippen LogP contribution in [-0.4, -0.2) is 26.8 Å². The molecule has 9 heteroatoms. The number of rotatable bonds is 6. The van der Waals surface area contributed by atoms with E-state index >= 15 is 0 Å². The molecule has 9 nitrogen and oxygen atoms in total. The number of nitrogens with one attached hydrogen (secondary N) is 1. The molecule has 0 spiro atoms. The van der Waals surface area contributed by atoms with Crippen LogP contribution >= 0.6 is 0 Å². The summed E-state index contributed by atoms with van der Waals surface area (Å²) in [6.45, 7) is 1.68. The Labute approximate surface area is 162 Å². The molecule has 4 saturated carbocycles. The highest BCUT2D eigenvalue weighted by Gasteiger charge is 2.54. The maximum absolute atomic E-state index is 11.3. The van der Waals surface area contributed by atoms with Crippen LogP contribution in [-0.2, 0) is 0 Å². The number of hydrogen-bond acceptors (Lipinski definition) is 7. The third-order valence-corrected chi connectivity index (χ3v) is 6.66. The van der Waals surface area contributed by atoms with E-state index in [0.29, 0.717) is 23.5 Å². The van der Waals surface area contributed by atoms with E-state index in [1.54, 1.807) is 6.92 Å². The van der Waals surface area contributed by atoms with Crippen LogP contribution in [0.25, 0.3) is 0 Å². The van der Waals surface area contributed by atoms with E-state index in [1.807, 2.05) is 0 Å². The average Bonchev–Trinajstić information content (AvgIpc) is 2.60. The van der Waals surface area contributed by atoms with Crippen molar-refractivity contribution >= 4 is 22.8 Å². The molecule has 1 atom stereocenters. The van der Waals surface area contributed by atoms with Gasteiger partial charge >= 0.3 is 5.69 Å². The fourth-order valence-electron chi connectivity index (χ4n) is 6.08. The normalized spacial score (nSPS) is 32.2. The first-order valence-electron chi connectivity index (χ1n) is 9.72. The molecule has 0 saturated heterocycles. The van der Waals surface area contributed by atoms with Crippen molar-refractivity contribution in [1.29, 1.82) is 0 Å². The van der Waals surface area contributed by atoms with Gasteiger partial charge in [-0.15, -0.1) is 0 Å². The molecule has 150 valence electrons. The standard InChI is InChI=1S/C19H24N4O5/c1-11(24)18(19-8-12-4-13(9-19)6-14(5-12)10-19)21-20-16-3-2-15(22(25)26)7-17(16)23(27)28/h2-3,7,11-14,20,24H,4-6,8-10H2,1H3/b21-18-/t11-,12?,13?,14?,19?/m0/s1. The van der Waals surface area contributed by atoms with Crippen molar-refractivity contribution in [2.24, 2.45) is 28.3 Å². The van der Waals surface area contributed by atoms with Gasteiger partial charge in [0, 0.05) is 11.5 Å². The Morgan fingerprint density at radius 3 is 2.18 bits per heavy atom. The number of anilines is 1. The topological polar surface area (TPSA) is 131 Å². The molecule has 1 aromatic carbocycles. The summed E-state index contributed by atoms with van der Waals surface area (Å²) in [6, 6.07) is 3.42. The number of aliphatic hydroxyl groups is 1. The predicted molar refractivity (Wildman–Crippen MR) is 103 cm³/mol. The van der Waals surface area contributed by atoms with E-state index in [0.717, 1.165) is 25.3 Å². The second-order valence-electron chi connectivity index (χ2n) is 8.70. The molecule has 2 N–H and O–H groups in total. The average molecular weight is 388 g/mol. The molecule has 4 aliphatic rings. The molecule has 0 aliphatic heterocycles. The van der Waals surface area contributed by atoms with Gasteiger partial charge in [-0.3, -0.25) is 25.7 Å². The fraction of sp³-hybridized carbons (Fsp3) is 0.632. The van der Waals surface area contributed by atoms with Crippen molar-refractivity contribution in [3.63, 3.8) is 0 Å². The maximum atomic E-state index is 11.3. The Morgan fingerprint density at radius 1 is 1.14 bits per heavy atom. The van der Waals surface area contributed by atoms with Gasteiger partial charge in [0.05, 0.1) is 27.7 Å². The van der Waals surface area contributed by atoms with E-state index < -0.39 is 21.6 Å². The molecule has 5 rings (SSSR count). The van der Waals surface area contributed by atoms with Crippen LogP contribution in [0.5, 0.6) is 0 Å². The zero-order chi connectivity index (χ0) is 20.1. The number of hydrogen-bond donors (Lipinski definition) is 2. The minimum absolute atomic E-state index is 0.0819. The molecule has 4 aliphatic carbocycles. The number of nitrogens with zero attached hydrogens (tertiary/aromatic N) is 3. The summed E-state index contributed by atoms with van der Waals surface area (Å²) in [7, 11) is 0.